The highest BCUT2D eigenvalue weighted by Crippen LogP contribution is 2.24. The zero-order chi connectivity index (χ0) is 20.1. The van der Waals surface area contributed by atoms with Gasteiger partial charge in [0.05, 0.1) is 7.11 Å². The van der Waals surface area contributed by atoms with Crippen LogP contribution in [0.5, 0.6) is 5.75 Å². The summed E-state index contributed by atoms with van der Waals surface area (Å²) in [6, 6.07) is 17.0. The maximum absolute atomic E-state index is 12.7. The maximum atomic E-state index is 12.7. The van der Waals surface area contributed by atoms with Crippen LogP contribution in [0.3, 0.4) is 0 Å². The lowest BCUT2D eigenvalue weighted by atomic mass is 10.2. The molecule has 6 heteroatoms. The summed E-state index contributed by atoms with van der Waals surface area (Å²) in [5.41, 5.74) is 3.88. The number of carbonyl (C=O) groups excluding carboxylic acids is 1. The Morgan fingerprint density at radius 3 is 2.46 bits per heavy atom. The zero-order valence-corrected chi connectivity index (χ0v) is 16.6. The van der Waals surface area contributed by atoms with Crippen molar-refractivity contribution in [3.63, 3.8) is 0 Å². The molecule has 1 N–H and O–H groups in total. The van der Waals surface area contributed by atoms with E-state index in [-0.39, 0.29) is 5.91 Å². The van der Waals surface area contributed by atoms with Gasteiger partial charge < -0.3 is 15.0 Å². The first-order chi connectivity index (χ1) is 13.5. The van der Waals surface area contributed by atoms with Gasteiger partial charge in [-0.15, -0.1) is 0 Å². The molecule has 0 saturated carbocycles. The molecule has 0 fully saturated rings. The minimum atomic E-state index is -0.280. The van der Waals surface area contributed by atoms with E-state index in [1.54, 1.807) is 37.4 Å². The minimum Gasteiger partial charge on any atom is -0.497 e. The molecule has 3 aromatic rings. The molecule has 0 spiro atoms. The second-order valence-electron chi connectivity index (χ2n) is 6.46. The minimum absolute atomic E-state index is 0.280. The van der Waals surface area contributed by atoms with E-state index < -0.39 is 0 Å². The first kappa shape index (κ1) is 19.4. The van der Waals surface area contributed by atoms with Crippen molar-refractivity contribution in [1.29, 1.82) is 0 Å². The Morgan fingerprint density at radius 2 is 1.82 bits per heavy atom. The highest BCUT2D eigenvalue weighted by molar-refractivity contribution is 6.03. The van der Waals surface area contributed by atoms with Gasteiger partial charge in [0.2, 0.25) is 5.95 Å². The first-order valence-corrected chi connectivity index (χ1v) is 9.15. The van der Waals surface area contributed by atoms with Gasteiger partial charge in [-0.1, -0.05) is 12.1 Å². The molecule has 0 unspecified atom stereocenters. The predicted octanol–water partition coefficient (Wildman–Crippen LogP) is 4.51. The van der Waals surface area contributed by atoms with E-state index >= 15 is 0 Å². The summed E-state index contributed by atoms with van der Waals surface area (Å²) in [5, 5.41) is 2.87. The molecule has 0 aliphatic carbocycles. The van der Waals surface area contributed by atoms with Crippen LogP contribution in [-0.4, -0.2) is 29.5 Å². The van der Waals surface area contributed by atoms with Crippen LogP contribution in [0.4, 0.5) is 17.3 Å². The van der Waals surface area contributed by atoms with Crippen LogP contribution in [0.2, 0.25) is 0 Å². The van der Waals surface area contributed by atoms with Crippen molar-refractivity contribution in [2.45, 2.75) is 20.8 Å². The van der Waals surface area contributed by atoms with Gasteiger partial charge in [0.15, 0.2) is 0 Å². The number of amides is 1. The average Bonchev–Trinajstić information content (AvgIpc) is 2.69. The number of nitrogens with zero attached hydrogens (tertiary/aromatic N) is 3. The maximum Gasteiger partial charge on any atom is 0.274 e. The number of hydrogen-bond acceptors (Lipinski definition) is 5. The Bertz CT molecular complexity index is 971. The number of hydrogen-bond donors (Lipinski definition) is 1. The number of ether oxygens (including phenoxy) is 1. The lowest BCUT2D eigenvalue weighted by Gasteiger charge is -2.22. The SMILES string of the molecule is CCN(c1cccc(C)c1)c1nc(C)cc(C(=O)Nc2ccc(OC)cc2)n1. The van der Waals surface area contributed by atoms with E-state index in [9.17, 15) is 4.79 Å². The summed E-state index contributed by atoms with van der Waals surface area (Å²) in [7, 11) is 1.60. The average molecular weight is 376 g/mol. The van der Waals surface area contributed by atoms with Crippen LogP contribution < -0.4 is 15.0 Å². The number of carbonyl (C=O) groups is 1. The summed E-state index contributed by atoms with van der Waals surface area (Å²) < 4.78 is 5.14. The number of aryl methyl sites for hydroxylation is 2. The normalized spacial score (nSPS) is 10.4. The van der Waals surface area contributed by atoms with Crippen molar-refractivity contribution >= 4 is 23.2 Å². The molecule has 0 atom stereocenters. The summed E-state index contributed by atoms with van der Waals surface area (Å²) in [4.78, 5) is 23.8. The number of aromatic nitrogens is 2. The van der Waals surface area contributed by atoms with Gasteiger partial charge in [0.1, 0.15) is 11.4 Å². The smallest absolute Gasteiger partial charge is 0.274 e. The molecular weight excluding hydrogens is 352 g/mol. The highest BCUT2D eigenvalue weighted by Gasteiger charge is 2.16. The molecule has 2 aromatic carbocycles. The van der Waals surface area contributed by atoms with Crippen molar-refractivity contribution in [2.24, 2.45) is 0 Å². The van der Waals surface area contributed by atoms with Crippen molar-refractivity contribution in [1.82, 2.24) is 9.97 Å². The highest BCUT2D eigenvalue weighted by atomic mass is 16.5. The van der Waals surface area contributed by atoms with Gasteiger partial charge in [0.25, 0.3) is 5.91 Å². The van der Waals surface area contributed by atoms with Gasteiger partial charge in [-0.05, 0) is 68.8 Å². The molecule has 0 saturated heterocycles. The molecule has 1 aromatic heterocycles. The number of nitrogens with one attached hydrogen (secondary N) is 1. The number of methoxy groups -OCH3 is 1. The number of anilines is 3. The third kappa shape index (κ3) is 4.46. The number of rotatable bonds is 6. The standard InChI is InChI=1S/C22H24N4O2/c1-5-26(18-8-6-7-15(2)13-18)22-23-16(3)14-20(25-22)21(27)24-17-9-11-19(28-4)12-10-17/h6-14H,5H2,1-4H3,(H,24,27). The molecule has 0 radical (unpaired) electrons. The van der Waals surface area contributed by atoms with E-state index in [1.165, 1.54) is 0 Å². The summed E-state index contributed by atoms with van der Waals surface area (Å²) in [5.74, 6) is 0.958. The van der Waals surface area contributed by atoms with Gasteiger partial charge in [-0.2, -0.15) is 0 Å². The Kier molecular flexibility index (Phi) is 5.89. The molecule has 0 bridgehead atoms. The van der Waals surface area contributed by atoms with Crippen LogP contribution in [0, 0.1) is 13.8 Å². The molecule has 28 heavy (non-hydrogen) atoms. The molecule has 144 valence electrons. The van der Waals surface area contributed by atoms with Crippen LogP contribution in [0.15, 0.2) is 54.6 Å². The van der Waals surface area contributed by atoms with Crippen LogP contribution in [0.1, 0.15) is 28.7 Å². The van der Waals surface area contributed by atoms with E-state index in [0.29, 0.717) is 23.9 Å². The van der Waals surface area contributed by atoms with Gasteiger partial charge >= 0.3 is 0 Å². The Labute approximate surface area is 165 Å². The fourth-order valence-electron chi connectivity index (χ4n) is 2.89. The first-order valence-electron chi connectivity index (χ1n) is 9.15. The molecule has 1 amide bonds. The third-order valence-electron chi connectivity index (χ3n) is 4.29. The topological polar surface area (TPSA) is 67.4 Å². The fraction of sp³-hybridized carbons (Fsp3) is 0.227. The Hall–Kier alpha value is -3.41. The van der Waals surface area contributed by atoms with Gasteiger partial charge in [-0.25, -0.2) is 9.97 Å². The summed E-state index contributed by atoms with van der Waals surface area (Å²) in [6.07, 6.45) is 0. The molecule has 0 aliphatic heterocycles. The molecule has 3 rings (SSSR count). The fourth-order valence-corrected chi connectivity index (χ4v) is 2.89. The molecule has 6 nitrogen and oxygen atoms in total. The molecular formula is C22H24N4O2. The summed E-state index contributed by atoms with van der Waals surface area (Å²) >= 11 is 0. The zero-order valence-electron chi connectivity index (χ0n) is 16.6. The largest absolute Gasteiger partial charge is 0.497 e. The van der Waals surface area contributed by atoms with Gasteiger partial charge in [-0.3, -0.25) is 4.79 Å². The van der Waals surface area contributed by atoms with Crippen LogP contribution in [-0.2, 0) is 0 Å². The Morgan fingerprint density at radius 1 is 1.07 bits per heavy atom. The van der Waals surface area contributed by atoms with Crippen LogP contribution >= 0.6 is 0 Å². The van der Waals surface area contributed by atoms with E-state index in [4.69, 9.17) is 4.74 Å². The quantitative estimate of drug-likeness (QED) is 0.685. The second-order valence-corrected chi connectivity index (χ2v) is 6.46. The number of benzene rings is 2. The Balaban J connectivity index is 1.88. The van der Waals surface area contributed by atoms with Crippen molar-refractivity contribution in [2.75, 3.05) is 23.9 Å². The van der Waals surface area contributed by atoms with Gasteiger partial charge in [0, 0.05) is 23.6 Å². The lowest BCUT2D eigenvalue weighted by molar-refractivity contribution is 0.102. The van der Waals surface area contributed by atoms with Crippen LogP contribution in [0.25, 0.3) is 0 Å². The molecule has 1 heterocycles. The lowest BCUT2D eigenvalue weighted by Crippen LogP contribution is -2.22. The van der Waals surface area contributed by atoms with E-state index in [2.05, 4.69) is 21.4 Å². The van der Waals surface area contributed by atoms with E-state index in [1.807, 2.05) is 43.9 Å². The monoisotopic (exact) mass is 376 g/mol. The van der Waals surface area contributed by atoms with E-state index in [0.717, 1.165) is 22.7 Å². The predicted molar refractivity (Wildman–Crippen MR) is 112 cm³/mol. The molecule has 0 aliphatic rings. The van der Waals surface area contributed by atoms with Crippen molar-refractivity contribution in [3.8, 4) is 5.75 Å². The van der Waals surface area contributed by atoms with Crippen molar-refractivity contribution in [3.05, 3.63) is 71.5 Å². The summed E-state index contributed by atoms with van der Waals surface area (Å²) in [6.45, 7) is 6.62. The van der Waals surface area contributed by atoms with Crippen molar-refractivity contribution < 1.29 is 9.53 Å². The second kappa shape index (κ2) is 8.52. The third-order valence-corrected chi connectivity index (χ3v) is 4.29.